The Hall–Kier alpha value is -4.21. The van der Waals surface area contributed by atoms with E-state index in [0.717, 1.165) is 29.4 Å². The SMILES string of the molecule is Cc1ccc2c(c1)ncn2-c1nc(=NC2CC2)n2ncc(=Cc3cc(O)[nH]c3O)c2n1. The minimum Gasteiger partial charge on any atom is -0.494 e. The first-order valence-corrected chi connectivity index (χ1v) is 9.91. The third-order valence-electron chi connectivity index (χ3n) is 5.25. The van der Waals surface area contributed by atoms with Gasteiger partial charge in [0.25, 0.3) is 5.62 Å². The maximum atomic E-state index is 9.99. The highest BCUT2D eigenvalue weighted by molar-refractivity contribution is 5.77. The van der Waals surface area contributed by atoms with E-state index in [9.17, 15) is 10.2 Å². The summed E-state index contributed by atoms with van der Waals surface area (Å²) < 4.78 is 3.43. The molecule has 1 aliphatic rings. The number of hydrogen-bond donors (Lipinski definition) is 3. The van der Waals surface area contributed by atoms with E-state index in [4.69, 9.17) is 9.98 Å². The normalized spacial score (nSPS) is 15.5. The summed E-state index contributed by atoms with van der Waals surface area (Å²) in [6.07, 6.45) is 7.10. The van der Waals surface area contributed by atoms with Crippen molar-refractivity contribution in [1.29, 1.82) is 0 Å². The van der Waals surface area contributed by atoms with Crippen LogP contribution in [0.1, 0.15) is 24.0 Å². The van der Waals surface area contributed by atoms with Gasteiger partial charge in [0.2, 0.25) is 5.95 Å². The van der Waals surface area contributed by atoms with Gasteiger partial charge in [-0.15, -0.1) is 0 Å². The first-order chi connectivity index (χ1) is 15.0. The van der Waals surface area contributed by atoms with Crippen LogP contribution in [0.25, 0.3) is 28.7 Å². The summed E-state index contributed by atoms with van der Waals surface area (Å²) in [7, 11) is 0. The highest BCUT2D eigenvalue weighted by Gasteiger charge is 2.21. The predicted molar refractivity (Wildman–Crippen MR) is 112 cm³/mol. The van der Waals surface area contributed by atoms with E-state index < -0.39 is 0 Å². The molecule has 0 saturated heterocycles. The molecule has 1 aromatic carbocycles. The molecule has 0 atom stereocenters. The van der Waals surface area contributed by atoms with Gasteiger partial charge in [0.05, 0.1) is 23.3 Å². The molecule has 154 valence electrons. The summed E-state index contributed by atoms with van der Waals surface area (Å²) in [6, 6.07) is 7.71. The molecular formula is C21H18N8O2. The van der Waals surface area contributed by atoms with Crippen molar-refractivity contribution in [2.75, 3.05) is 0 Å². The third kappa shape index (κ3) is 3.00. The zero-order chi connectivity index (χ0) is 21.1. The second-order valence-corrected chi connectivity index (χ2v) is 7.73. The number of fused-ring (bicyclic) bond motifs is 2. The second kappa shape index (κ2) is 6.39. The fraction of sp³-hybridized carbons (Fsp3) is 0.190. The van der Waals surface area contributed by atoms with E-state index in [1.54, 1.807) is 23.1 Å². The lowest BCUT2D eigenvalue weighted by Gasteiger charge is -2.04. The molecule has 0 unspecified atom stereocenters. The monoisotopic (exact) mass is 414 g/mol. The van der Waals surface area contributed by atoms with Gasteiger partial charge in [-0.25, -0.2) is 9.98 Å². The number of rotatable bonds is 3. The summed E-state index contributed by atoms with van der Waals surface area (Å²) >= 11 is 0. The van der Waals surface area contributed by atoms with Gasteiger partial charge in [-0.1, -0.05) is 6.07 Å². The number of aromatic hydroxyl groups is 2. The molecule has 31 heavy (non-hydrogen) atoms. The molecule has 0 bridgehead atoms. The Labute approximate surface area is 174 Å². The summed E-state index contributed by atoms with van der Waals surface area (Å²) in [5.41, 5.74) is 4.32. The average Bonchev–Trinajstić information content (AvgIpc) is 3.17. The molecular weight excluding hydrogens is 396 g/mol. The minimum absolute atomic E-state index is 0.125. The van der Waals surface area contributed by atoms with Gasteiger partial charge in [0.1, 0.15) is 6.33 Å². The van der Waals surface area contributed by atoms with E-state index >= 15 is 0 Å². The van der Waals surface area contributed by atoms with Crippen LogP contribution in [0.4, 0.5) is 0 Å². The molecule has 4 heterocycles. The zero-order valence-electron chi connectivity index (χ0n) is 16.6. The molecule has 3 N–H and O–H groups in total. The van der Waals surface area contributed by atoms with Crippen molar-refractivity contribution in [2.45, 2.75) is 25.8 Å². The topological polar surface area (TPSA) is 130 Å². The maximum Gasteiger partial charge on any atom is 0.251 e. The van der Waals surface area contributed by atoms with Crippen molar-refractivity contribution >= 4 is 22.8 Å². The Morgan fingerprint density at radius 2 is 2.06 bits per heavy atom. The fourth-order valence-electron chi connectivity index (χ4n) is 3.53. The van der Waals surface area contributed by atoms with E-state index in [0.29, 0.717) is 28.0 Å². The number of hydrogen-bond acceptors (Lipinski definition) is 7. The molecule has 4 aromatic heterocycles. The van der Waals surface area contributed by atoms with Gasteiger partial charge >= 0.3 is 0 Å². The number of aromatic nitrogens is 7. The summed E-state index contributed by atoms with van der Waals surface area (Å²) in [6.45, 7) is 2.02. The van der Waals surface area contributed by atoms with Crippen LogP contribution >= 0.6 is 0 Å². The first kappa shape index (κ1) is 17.6. The molecule has 0 aliphatic heterocycles. The van der Waals surface area contributed by atoms with Crippen LogP contribution in [0.5, 0.6) is 11.8 Å². The Bertz CT molecular complexity index is 1590. The van der Waals surface area contributed by atoms with E-state index in [1.165, 1.54) is 6.07 Å². The summed E-state index contributed by atoms with van der Waals surface area (Å²) in [5, 5.41) is 24.7. The van der Waals surface area contributed by atoms with Crippen molar-refractivity contribution in [1.82, 2.24) is 34.1 Å². The Morgan fingerprint density at radius 3 is 2.84 bits per heavy atom. The predicted octanol–water partition coefficient (Wildman–Crippen LogP) is 1.12. The zero-order valence-corrected chi connectivity index (χ0v) is 16.6. The summed E-state index contributed by atoms with van der Waals surface area (Å²) in [5.74, 6) is 0.180. The third-order valence-corrected chi connectivity index (χ3v) is 5.25. The molecule has 6 rings (SSSR count). The van der Waals surface area contributed by atoms with E-state index in [-0.39, 0.29) is 17.8 Å². The Morgan fingerprint density at radius 1 is 1.19 bits per heavy atom. The molecule has 1 fully saturated rings. The number of imidazole rings is 1. The molecule has 10 nitrogen and oxygen atoms in total. The highest BCUT2D eigenvalue weighted by Crippen LogP contribution is 2.23. The Balaban J connectivity index is 1.63. The van der Waals surface area contributed by atoms with Crippen LogP contribution in [0, 0.1) is 6.92 Å². The van der Waals surface area contributed by atoms with Gasteiger partial charge in [0, 0.05) is 16.8 Å². The average molecular weight is 414 g/mol. The van der Waals surface area contributed by atoms with Gasteiger partial charge in [-0.2, -0.15) is 19.6 Å². The Kier molecular flexibility index (Phi) is 3.64. The van der Waals surface area contributed by atoms with Crippen LogP contribution in [-0.4, -0.2) is 50.4 Å². The number of H-pyrrole nitrogens is 1. The summed E-state index contributed by atoms with van der Waals surface area (Å²) in [4.78, 5) is 21.1. The quantitative estimate of drug-likeness (QED) is 0.406. The van der Waals surface area contributed by atoms with Crippen LogP contribution < -0.4 is 10.8 Å². The van der Waals surface area contributed by atoms with Crippen molar-refractivity contribution in [3.8, 4) is 17.7 Å². The van der Waals surface area contributed by atoms with Crippen molar-refractivity contribution in [3.05, 3.63) is 58.8 Å². The first-order valence-electron chi connectivity index (χ1n) is 9.91. The molecule has 0 radical (unpaired) electrons. The lowest BCUT2D eigenvalue weighted by Crippen LogP contribution is -2.25. The van der Waals surface area contributed by atoms with Crippen LogP contribution in [0.3, 0.4) is 0 Å². The molecule has 1 aliphatic carbocycles. The molecule has 5 aromatic rings. The molecule has 10 heteroatoms. The smallest absolute Gasteiger partial charge is 0.251 e. The number of nitrogens with zero attached hydrogens (tertiary/aromatic N) is 7. The number of aromatic amines is 1. The molecule has 0 amide bonds. The van der Waals surface area contributed by atoms with E-state index in [2.05, 4.69) is 20.1 Å². The standard InChI is InChI=1S/C21H18N8O2/c1-11-2-5-16-15(6-11)22-10-28(16)20-26-18-13(7-12-8-17(30)25-19(12)31)9-23-29(18)21(27-20)24-14-3-4-14/h2,5-10,14,25,30-31H,3-4H2,1H3. The van der Waals surface area contributed by atoms with E-state index in [1.807, 2.05) is 29.7 Å². The lowest BCUT2D eigenvalue weighted by atomic mass is 10.2. The molecule has 1 saturated carbocycles. The second-order valence-electron chi connectivity index (χ2n) is 7.73. The van der Waals surface area contributed by atoms with Crippen LogP contribution in [-0.2, 0) is 0 Å². The maximum absolute atomic E-state index is 9.99. The number of nitrogens with one attached hydrogen (secondary N) is 1. The van der Waals surface area contributed by atoms with Crippen molar-refractivity contribution in [2.24, 2.45) is 4.99 Å². The highest BCUT2D eigenvalue weighted by atomic mass is 16.3. The van der Waals surface area contributed by atoms with Gasteiger partial charge in [-0.05, 0) is 43.5 Å². The number of aryl methyl sites for hydroxylation is 1. The van der Waals surface area contributed by atoms with Crippen molar-refractivity contribution < 1.29 is 10.2 Å². The van der Waals surface area contributed by atoms with Crippen molar-refractivity contribution in [3.63, 3.8) is 0 Å². The van der Waals surface area contributed by atoms with Gasteiger partial charge in [0.15, 0.2) is 17.4 Å². The number of benzene rings is 1. The minimum atomic E-state index is -0.134. The van der Waals surface area contributed by atoms with Crippen LogP contribution in [0.15, 0.2) is 41.8 Å². The lowest BCUT2D eigenvalue weighted by molar-refractivity contribution is 0.425. The van der Waals surface area contributed by atoms with Gasteiger partial charge < -0.3 is 10.2 Å². The largest absolute Gasteiger partial charge is 0.494 e. The fourth-order valence-corrected chi connectivity index (χ4v) is 3.53. The molecule has 0 spiro atoms. The van der Waals surface area contributed by atoms with Crippen LogP contribution in [0.2, 0.25) is 0 Å². The van der Waals surface area contributed by atoms with Gasteiger partial charge in [-0.3, -0.25) is 9.55 Å².